The number of nitrogens with zero attached hydrogens (tertiary/aromatic N) is 1. The third-order valence-corrected chi connectivity index (χ3v) is 4.41. The zero-order valence-corrected chi connectivity index (χ0v) is 14.2. The Balaban J connectivity index is 2.53. The summed E-state index contributed by atoms with van der Waals surface area (Å²) >= 11 is 0. The average Bonchev–Trinajstić information content (AvgIpc) is 2.59. The molecule has 1 atom stereocenters. The van der Waals surface area contributed by atoms with Crippen LogP contribution >= 0.6 is 0 Å². The van der Waals surface area contributed by atoms with Crippen molar-refractivity contribution in [3.63, 3.8) is 0 Å². The normalized spacial score (nSPS) is 16.3. The fraction of sp³-hybridized carbons (Fsp3) is 0.588. The summed E-state index contributed by atoms with van der Waals surface area (Å²) in [6.07, 6.45) is 4.31. The van der Waals surface area contributed by atoms with Crippen LogP contribution in [0.1, 0.15) is 50.7 Å². The number of hydrogen-bond acceptors (Lipinski definition) is 6. The molecule has 0 aromatic heterocycles. The fourth-order valence-electron chi connectivity index (χ4n) is 3.30. The molecule has 0 heterocycles. The maximum Gasteiger partial charge on any atom is 0.303 e. The van der Waals surface area contributed by atoms with Gasteiger partial charge in [-0.3, -0.25) is 14.9 Å². The monoisotopic (exact) mass is 337 g/mol. The van der Waals surface area contributed by atoms with Crippen LogP contribution in [-0.4, -0.2) is 25.1 Å². The van der Waals surface area contributed by atoms with Gasteiger partial charge in [0.15, 0.2) is 11.5 Å². The first-order valence-corrected chi connectivity index (χ1v) is 8.05. The highest BCUT2D eigenvalue weighted by Gasteiger charge is 2.34. The lowest BCUT2D eigenvalue weighted by molar-refractivity contribution is -0.386. The number of nitro groups is 1. The summed E-state index contributed by atoms with van der Waals surface area (Å²) in [5, 5.41) is 11.5. The van der Waals surface area contributed by atoms with Gasteiger partial charge in [-0.15, -0.1) is 0 Å². The summed E-state index contributed by atoms with van der Waals surface area (Å²) in [6.45, 7) is 1.32. The number of ether oxygens (including phenoxy) is 3. The van der Waals surface area contributed by atoms with Crippen molar-refractivity contribution in [1.82, 2.24) is 0 Å². The number of methoxy groups -OCH3 is 2. The Hall–Kier alpha value is -2.31. The molecule has 0 aliphatic heterocycles. The van der Waals surface area contributed by atoms with E-state index in [0.717, 1.165) is 32.1 Å². The van der Waals surface area contributed by atoms with Crippen LogP contribution in [0.5, 0.6) is 11.5 Å². The Kier molecular flexibility index (Phi) is 6.00. The van der Waals surface area contributed by atoms with Gasteiger partial charge in [0.2, 0.25) is 0 Å². The number of esters is 1. The minimum absolute atomic E-state index is 0.0689. The fourth-order valence-corrected chi connectivity index (χ4v) is 3.30. The highest BCUT2D eigenvalue weighted by Crippen LogP contribution is 2.44. The molecule has 1 aliphatic carbocycles. The van der Waals surface area contributed by atoms with Crippen LogP contribution in [0, 0.1) is 16.0 Å². The molecule has 0 N–H and O–H groups in total. The van der Waals surface area contributed by atoms with Gasteiger partial charge in [-0.2, -0.15) is 0 Å². The van der Waals surface area contributed by atoms with Crippen molar-refractivity contribution in [2.45, 2.75) is 45.1 Å². The molecule has 0 radical (unpaired) electrons. The van der Waals surface area contributed by atoms with E-state index in [1.54, 1.807) is 6.07 Å². The van der Waals surface area contributed by atoms with Gasteiger partial charge < -0.3 is 14.2 Å². The molecule has 2 rings (SSSR count). The lowest BCUT2D eigenvalue weighted by Crippen LogP contribution is -2.22. The zero-order chi connectivity index (χ0) is 17.7. The van der Waals surface area contributed by atoms with E-state index >= 15 is 0 Å². The Labute approximate surface area is 141 Å². The number of carbonyl (C=O) groups is 1. The number of benzene rings is 1. The standard InChI is InChI=1S/C17H23NO6/c1-11(19)24-17(12-7-5-4-6-8-12)13-9-15(22-2)16(23-3)10-14(13)18(20)21/h9-10,12,17H,4-8H2,1-3H3. The maximum absolute atomic E-state index is 11.6. The second kappa shape index (κ2) is 7.99. The van der Waals surface area contributed by atoms with E-state index < -0.39 is 17.0 Å². The van der Waals surface area contributed by atoms with Crippen LogP contribution in [-0.2, 0) is 9.53 Å². The number of nitro benzene ring substituents is 1. The van der Waals surface area contributed by atoms with Gasteiger partial charge in [0.05, 0.1) is 30.8 Å². The molecule has 0 bridgehead atoms. The highest BCUT2D eigenvalue weighted by molar-refractivity contribution is 5.67. The van der Waals surface area contributed by atoms with E-state index in [4.69, 9.17) is 14.2 Å². The molecule has 132 valence electrons. The molecule has 1 fully saturated rings. The minimum atomic E-state index is -0.650. The molecule has 1 saturated carbocycles. The van der Waals surface area contributed by atoms with Gasteiger partial charge in [0, 0.05) is 12.8 Å². The summed E-state index contributed by atoms with van der Waals surface area (Å²) in [4.78, 5) is 22.6. The number of carbonyl (C=O) groups excluding carboxylic acids is 1. The van der Waals surface area contributed by atoms with Crippen LogP contribution in [0.15, 0.2) is 12.1 Å². The van der Waals surface area contributed by atoms with Crippen LogP contribution in [0.2, 0.25) is 0 Å². The third-order valence-electron chi connectivity index (χ3n) is 4.41. The minimum Gasteiger partial charge on any atom is -0.493 e. The first kappa shape index (κ1) is 18.0. The second-order valence-corrected chi connectivity index (χ2v) is 5.95. The van der Waals surface area contributed by atoms with Gasteiger partial charge >= 0.3 is 5.97 Å². The SMILES string of the molecule is COc1cc(C(OC(C)=O)C2CCCCC2)c([N+](=O)[O-])cc1OC. The van der Waals surface area contributed by atoms with E-state index in [9.17, 15) is 14.9 Å². The Bertz CT molecular complexity index is 609. The predicted octanol–water partition coefficient (Wildman–Crippen LogP) is 3.80. The van der Waals surface area contributed by atoms with E-state index in [1.165, 1.54) is 27.2 Å². The molecule has 1 unspecified atom stereocenters. The summed E-state index contributed by atoms with van der Waals surface area (Å²) in [7, 11) is 2.89. The van der Waals surface area contributed by atoms with Crippen molar-refractivity contribution in [2.24, 2.45) is 5.92 Å². The number of hydrogen-bond donors (Lipinski definition) is 0. The number of rotatable bonds is 6. The van der Waals surface area contributed by atoms with Crippen molar-refractivity contribution in [2.75, 3.05) is 14.2 Å². The molecule has 1 aliphatic rings. The van der Waals surface area contributed by atoms with Crippen LogP contribution in [0.3, 0.4) is 0 Å². The van der Waals surface area contributed by atoms with Crippen LogP contribution in [0.25, 0.3) is 0 Å². The molecule has 1 aromatic rings. The molecular formula is C17H23NO6. The lowest BCUT2D eigenvalue weighted by Gasteiger charge is -2.30. The van der Waals surface area contributed by atoms with Crippen molar-refractivity contribution in [3.05, 3.63) is 27.8 Å². The summed E-state index contributed by atoms with van der Waals surface area (Å²) in [5.74, 6) is 0.276. The predicted molar refractivity (Wildman–Crippen MR) is 87.3 cm³/mol. The van der Waals surface area contributed by atoms with Gasteiger partial charge in [-0.1, -0.05) is 19.3 Å². The molecular weight excluding hydrogens is 314 g/mol. The molecule has 7 nitrogen and oxygen atoms in total. The maximum atomic E-state index is 11.6. The van der Waals surface area contributed by atoms with E-state index in [2.05, 4.69) is 0 Å². The second-order valence-electron chi connectivity index (χ2n) is 5.95. The van der Waals surface area contributed by atoms with E-state index in [0.29, 0.717) is 11.3 Å². The lowest BCUT2D eigenvalue weighted by atomic mass is 9.82. The summed E-state index contributed by atoms with van der Waals surface area (Å²) in [6, 6.07) is 2.88. The van der Waals surface area contributed by atoms with Gasteiger partial charge in [0.1, 0.15) is 6.10 Å². The van der Waals surface area contributed by atoms with Crippen molar-refractivity contribution in [1.29, 1.82) is 0 Å². The van der Waals surface area contributed by atoms with Crippen molar-refractivity contribution < 1.29 is 23.9 Å². The molecule has 7 heteroatoms. The zero-order valence-electron chi connectivity index (χ0n) is 14.2. The smallest absolute Gasteiger partial charge is 0.303 e. The molecule has 24 heavy (non-hydrogen) atoms. The van der Waals surface area contributed by atoms with Gasteiger partial charge in [-0.25, -0.2) is 0 Å². The van der Waals surface area contributed by atoms with Gasteiger partial charge in [-0.05, 0) is 18.9 Å². The van der Waals surface area contributed by atoms with E-state index in [-0.39, 0.29) is 17.4 Å². The quantitative estimate of drug-likeness (QED) is 0.446. The molecule has 1 aromatic carbocycles. The highest BCUT2D eigenvalue weighted by atomic mass is 16.6. The Morgan fingerprint density at radius 3 is 2.25 bits per heavy atom. The van der Waals surface area contributed by atoms with Gasteiger partial charge in [0.25, 0.3) is 5.69 Å². The molecule has 0 saturated heterocycles. The van der Waals surface area contributed by atoms with Crippen molar-refractivity contribution >= 4 is 11.7 Å². The van der Waals surface area contributed by atoms with Crippen molar-refractivity contribution in [3.8, 4) is 11.5 Å². The average molecular weight is 337 g/mol. The first-order valence-electron chi connectivity index (χ1n) is 8.05. The Morgan fingerprint density at radius 2 is 1.75 bits per heavy atom. The molecule has 0 spiro atoms. The Morgan fingerprint density at radius 1 is 1.17 bits per heavy atom. The molecule has 0 amide bonds. The summed E-state index contributed by atoms with van der Waals surface area (Å²) < 4.78 is 15.9. The van der Waals surface area contributed by atoms with E-state index in [1.807, 2.05) is 0 Å². The van der Waals surface area contributed by atoms with Crippen LogP contribution in [0.4, 0.5) is 5.69 Å². The topological polar surface area (TPSA) is 87.9 Å². The third kappa shape index (κ3) is 3.96. The summed E-state index contributed by atoms with van der Waals surface area (Å²) in [5.41, 5.74) is 0.240. The largest absolute Gasteiger partial charge is 0.493 e. The van der Waals surface area contributed by atoms with Crippen LogP contribution < -0.4 is 9.47 Å². The first-order chi connectivity index (χ1) is 11.5.